The smallest absolute Gasteiger partial charge is 0.236 e. The standard InChI is InChI=1S/C18H25N3OS/c1-13-8-14(2)10-21(9-13)12-18(22)20(3)11-17-19-15-6-4-5-7-16(15)23-17/h4-7,13-14H,8-12H2,1-3H3/t13-,14-/m1/s1. The van der Waals surface area contributed by atoms with E-state index in [9.17, 15) is 4.79 Å². The Kier molecular flexibility index (Phi) is 4.97. The molecule has 0 saturated carbocycles. The van der Waals surface area contributed by atoms with Crippen LogP contribution in [0.3, 0.4) is 0 Å². The third-order valence-corrected chi connectivity index (χ3v) is 5.46. The van der Waals surface area contributed by atoms with Gasteiger partial charge in [-0.05, 0) is 30.4 Å². The molecule has 5 heteroatoms. The first-order chi connectivity index (χ1) is 11.0. The number of thiazole rings is 1. The Morgan fingerprint density at radius 2 is 2.00 bits per heavy atom. The van der Waals surface area contributed by atoms with E-state index >= 15 is 0 Å². The van der Waals surface area contributed by atoms with Gasteiger partial charge >= 0.3 is 0 Å². The number of hydrogen-bond acceptors (Lipinski definition) is 4. The first-order valence-corrected chi connectivity index (χ1v) is 9.13. The predicted molar refractivity (Wildman–Crippen MR) is 95.5 cm³/mol. The SMILES string of the molecule is C[C@@H]1C[C@@H](C)CN(CC(=O)N(C)Cc2nc3ccccc3s2)C1. The summed E-state index contributed by atoms with van der Waals surface area (Å²) in [6.07, 6.45) is 1.27. The second kappa shape index (κ2) is 6.97. The zero-order chi connectivity index (χ0) is 16.4. The Hall–Kier alpha value is -1.46. The van der Waals surface area contributed by atoms with Gasteiger partial charge in [0, 0.05) is 20.1 Å². The molecular weight excluding hydrogens is 306 g/mol. The molecule has 124 valence electrons. The van der Waals surface area contributed by atoms with Gasteiger partial charge in [0.2, 0.25) is 5.91 Å². The molecule has 4 nitrogen and oxygen atoms in total. The fourth-order valence-corrected chi connectivity index (χ4v) is 4.53. The van der Waals surface area contributed by atoms with Crippen molar-refractivity contribution in [3.05, 3.63) is 29.3 Å². The van der Waals surface area contributed by atoms with E-state index in [-0.39, 0.29) is 5.91 Å². The van der Waals surface area contributed by atoms with E-state index in [4.69, 9.17) is 0 Å². The summed E-state index contributed by atoms with van der Waals surface area (Å²) in [6.45, 7) is 7.74. The molecule has 1 saturated heterocycles. The quantitative estimate of drug-likeness (QED) is 0.863. The van der Waals surface area contributed by atoms with Crippen LogP contribution in [0.15, 0.2) is 24.3 Å². The van der Waals surface area contributed by atoms with Crippen molar-refractivity contribution in [2.75, 3.05) is 26.7 Å². The van der Waals surface area contributed by atoms with Crippen LogP contribution in [0.2, 0.25) is 0 Å². The van der Waals surface area contributed by atoms with E-state index in [0.29, 0.717) is 24.9 Å². The van der Waals surface area contributed by atoms with E-state index in [1.165, 1.54) is 11.1 Å². The zero-order valence-electron chi connectivity index (χ0n) is 14.2. The van der Waals surface area contributed by atoms with Crippen LogP contribution < -0.4 is 0 Å². The molecule has 2 aromatic rings. The second-order valence-corrected chi connectivity index (χ2v) is 8.08. The number of nitrogens with zero attached hydrogens (tertiary/aromatic N) is 3. The number of piperidine rings is 1. The molecule has 1 amide bonds. The van der Waals surface area contributed by atoms with Gasteiger partial charge < -0.3 is 4.90 Å². The number of likely N-dealkylation sites (N-methyl/N-ethyl adjacent to an activating group) is 1. The van der Waals surface area contributed by atoms with Crippen LogP contribution >= 0.6 is 11.3 Å². The topological polar surface area (TPSA) is 36.4 Å². The maximum absolute atomic E-state index is 12.5. The van der Waals surface area contributed by atoms with E-state index in [1.807, 2.05) is 30.1 Å². The van der Waals surface area contributed by atoms with Crippen LogP contribution in [0.4, 0.5) is 0 Å². The summed E-state index contributed by atoms with van der Waals surface area (Å²) in [5, 5.41) is 1.00. The predicted octanol–water partition coefficient (Wildman–Crippen LogP) is 3.23. The highest BCUT2D eigenvalue weighted by molar-refractivity contribution is 7.18. The molecule has 0 spiro atoms. The molecule has 3 rings (SSSR count). The second-order valence-electron chi connectivity index (χ2n) is 6.97. The monoisotopic (exact) mass is 331 g/mol. The molecule has 1 aliphatic heterocycles. The molecular formula is C18H25N3OS. The lowest BCUT2D eigenvalue weighted by Crippen LogP contribution is -2.44. The van der Waals surface area contributed by atoms with Gasteiger partial charge in [-0.25, -0.2) is 4.98 Å². The lowest BCUT2D eigenvalue weighted by molar-refractivity contribution is -0.132. The molecule has 0 bridgehead atoms. The third kappa shape index (κ3) is 4.09. The number of likely N-dealkylation sites (tertiary alicyclic amines) is 1. The summed E-state index contributed by atoms with van der Waals surface area (Å²) >= 11 is 1.67. The van der Waals surface area contributed by atoms with Gasteiger partial charge in [-0.3, -0.25) is 9.69 Å². The number of rotatable bonds is 4. The zero-order valence-corrected chi connectivity index (χ0v) is 15.0. The third-order valence-electron chi connectivity index (χ3n) is 4.44. The summed E-state index contributed by atoms with van der Waals surface area (Å²) in [4.78, 5) is 21.2. The molecule has 1 fully saturated rings. The number of carbonyl (C=O) groups is 1. The molecule has 0 radical (unpaired) electrons. The number of aromatic nitrogens is 1. The highest BCUT2D eigenvalue weighted by atomic mass is 32.1. The number of amides is 1. The molecule has 0 unspecified atom stereocenters. The summed E-state index contributed by atoms with van der Waals surface area (Å²) in [6, 6.07) is 8.12. The van der Waals surface area contributed by atoms with E-state index in [1.54, 1.807) is 11.3 Å². The van der Waals surface area contributed by atoms with Crippen LogP contribution in [0, 0.1) is 11.8 Å². The van der Waals surface area contributed by atoms with Crippen molar-refractivity contribution in [1.82, 2.24) is 14.8 Å². The van der Waals surface area contributed by atoms with E-state index in [2.05, 4.69) is 29.8 Å². The van der Waals surface area contributed by atoms with Crippen molar-refractivity contribution in [2.24, 2.45) is 11.8 Å². The molecule has 1 aromatic carbocycles. The minimum atomic E-state index is 0.186. The van der Waals surface area contributed by atoms with Gasteiger partial charge in [-0.2, -0.15) is 0 Å². The first kappa shape index (κ1) is 16.4. The van der Waals surface area contributed by atoms with Gasteiger partial charge in [0.15, 0.2) is 0 Å². The number of carbonyl (C=O) groups excluding carboxylic acids is 1. The van der Waals surface area contributed by atoms with E-state index in [0.717, 1.165) is 23.6 Å². The van der Waals surface area contributed by atoms with Crippen LogP contribution in [-0.2, 0) is 11.3 Å². The number of hydrogen-bond donors (Lipinski definition) is 0. The fraction of sp³-hybridized carbons (Fsp3) is 0.556. The number of fused-ring (bicyclic) bond motifs is 1. The first-order valence-electron chi connectivity index (χ1n) is 8.32. The number of para-hydroxylation sites is 1. The lowest BCUT2D eigenvalue weighted by atomic mass is 9.92. The molecule has 2 atom stereocenters. The Balaban J connectivity index is 1.58. The summed E-state index contributed by atoms with van der Waals surface area (Å²) < 4.78 is 1.18. The molecule has 0 N–H and O–H groups in total. The average Bonchev–Trinajstić information content (AvgIpc) is 2.88. The van der Waals surface area contributed by atoms with Crippen molar-refractivity contribution in [1.29, 1.82) is 0 Å². The van der Waals surface area contributed by atoms with Crippen molar-refractivity contribution in [3.63, 3.8) is 0 Å². The van der Waals surface area contributed by atoms with Crippen molar-refractivity contribution in [3.8, 4) is 0 Å². The van der Waals surface area contributed by atoms with Crippen molar-refractivity contribution >= 4 is 27.5 Å². The molecule has 23 heavy (non-hydrogen) atoms. The minimum absolute atomic E-state index is 0.186. The van der Waals surface area contributed by atoms with Crippen LogP contribution in [0.1, 0.15) is 25.3 Å². The molecule has 1 aromatic heterocycles. The lowest BCUT2D eigenvalue weighted by Gasteiger charge is -2.35. The van der Waals surface area contributed by atoms with Gasteiger partial charge in [0.05, 0.1) is 23.3 Å². The molecule has 0 aliphatic carbocycles. The summed E-state index contributed by atoms with van der Waals surface area (Å²) in [5.41, 5.74) is 1.02. The van der Waals surface area contributed by atoms with Gasteiger partial charge in [-0.1, -0.05) is 26.0 Å². The van der Waals surface area contributed by atoms with Gasteiger partial charge in [0.25, 0.3) is 0 Å². The fourth-order valence-electron chi connectivity index (χ4n) is 3.51. The highest BCUT2D eigenvalue weighted by Gasteiger charge is 2.24. The van der Waals surface area contributed by atoms with Gasteiger partial charge in [0.1, 0.15) is 5.01 Å². The van der Waals surface area contributed by atoms with Gasteiger partial charge in [-0.15, -0.1) is 11.3 Å². The Labute approximate surface area is 142 Å². The number of benzene rings is 1. The average molecular weight is 331 g/mol. The summed E-state index contributed by atoms with van der Waals surface area (Å²) in [5.74, 6) is 1.55. The van der Waals surface area contributed by atoms with Crippen molar-refractivity contribution in [2.45, 2.75) is 26.8 Å². The molecule has 1 aliphatic rings. The molecule has 2 heterocycles. The van der Waals surface area contributed by atoms with Crippen LogP contribution in [0.25, 0.3) is 10.2 Å². The van der Waals surface area contributed by atoms with E-state index < -0.39 is 0 Å². The maximum atomic E-state index is 12.5. The Morgan fingerprint density at radius 3 is 2.70 bits per heavy atom. The normalized spacial score (nSPS) is 22.4. The minimum Gasteiger partial charge on any atom is -0.338 e. The maximum Gasteiger partial charge on any atom is 0.236 e. The Morgan fingerprint density at radius 1 is 1.30 bits per heavy atom. The van der Waals surface area contributed by atoms with Crippen LogP contribution in [0.5, 0.6) is 0 Å². The van der Waals surface area contributed by atoms with Crippen LogP contribution in [-0.4, -0.2) is 47.4 Å². The Bertz CT molecular complexity index is 641. The largest absolute Gasteiger partial charge is 0.338 e. The highest BCUT2D eigenvalue weighted by Crippen LogP contribution is 2.23. The van der Waals surface area contributed by atoms with Crippen molar-refractivity contribution < 1.29 is 4.79 Å². The summed E-state index contributed by atoms with van der Waals surface area (Å²) in [7, 11) is 1.88.